The molecule has 108 valence electrons. The van der Waals surface area contributed by atoms with Crippen LogP contribution in [0.15, 0.2) is 18.2 Å². The number of benzene rings is 1. The highest BCUT2D eigenvalue weighted by atomic mass is 16.5. The molecular weight excluding hydrogens is 256 g/mol. The lowest BCUT2D eigenvalue weighted by molar-refractivity contribution is 0.0699. The molecule has 0 aliphatic carbocycles. The molecule has 0 spiro atoms. The first-order valence-electron chi connectivity index (χ1n) is 6.77. The molecule has 0 amide bonds. The van der Waals surface area contributed by atoms with Crippen molar-refractivity contribution in [1.29, 1.82) is 0 Å². The molecule has 1 aromatic carbocycles. The highest BCUT2D eigenvalue weighted by Gasteiger charge is 2.18. The van der Waals surface area contributed by atoms with Crippen LogP contribution < -0.4 is 0 Å². The lowest BCUT2D eigenvalue weighted by Gasteiger charge is -2.11. The molecule has 1 N–H and O–H groups in total. The smallest absolute Gasteiger partial charge is 0.337 e. The van der Waals surface area contributed by atoms with Crippen LogP contribution in [0.5, 0.6) is 0 Å². The maximum atomic E-state index is 11.3. The molecule has 1 heterocycles. The number of imidazole rings is 1. The summed E-state index contributed by atoms with van der Waals surface area (Å²) in [5, 5.41) is 9.27. The Morgan fingerprint density at radius 2 is 2.20 bits per heavy atom. The van der Waals surface area contributed by atoms with Gasteiger partial charge in [0.2, 0.25) is 0 Å². The molecule has 0 atom stereocenters. The molecule has 5 nitrogen and oxygen atoms in total. The van der Waals surface area contributed by atoms with Gasteiger partial charge in [-0.2, -0.15) is 0 Å². The van der Waals surface area contributed by atoms with E-state index in [9.17, 15) is 9.90 Å². The molecule has 0 saturated carbocycles. The Bertz CT molecular complexity index is 617. The normalized spacial score (nSPS) is 11.4. The van der Waals surface area contributed by atoms with Crippen molar-refractivity contribution < 1.29 is 14.6 Å². The number of ether oxygens (including phenoxy) is 1. The molecule has 0 radical (unpaired) electrons. The summed E-state index contributed by atoms with van der Waals surface area (Å²) < 4.78 is 7.19. The van der Waals surface area contributed by atoms with Crippen molar-refractivity contribution in [2.24, 2.45) is 0 Å². The van der Waals surface area contributed by atoms with E-state index >= 15 is 0 Å². The fraction of sp³-hybridized carbons (Fsp3) is 0.467. The minimum Gasteiger partial charge on any atom is -0.478 e. The third-order valence-corrected chi connectivity index (χ3v) is 3.29. The van der Waals surface area contributed by atoms with E-state index in [0.29, 0.717) is 12.1 Å². The Morgan fingerprint density at radius 3 is 2.80 bits per heavy atom. The fourth-order valence-corrected chi connectivity index (χ4v) is 2.38. The van der Waals surface area contributed by atoms with Crippen molar-refractivity contribution in [3.8, 4) is 0 Å². The summed E-state index contributed by atoms with van der Waals surface area (Å²) in [7, 11) is 1.68. The number of aromatic nitrogens is 2. The summed E-state index contributed by atoms with van der Waals surface area (Å²) in [4.78, 5) is 15.8. The lowest BCUT2D eigenvalue weighted by atomic mass is 10.2. The van der Waals surface area contributed by atoms with E-state index in [1.54, 1.807) is 19.2 Å². The minimum atomic E-state index is -0.938. The summed E-state index contributed by atoms with van der Waals surface area (Å²) in [6.45, 7) is 5.58. The second kappa shape index (κ2) is 6.05. The van der Waals surface area contributed by atoms with E-state index < -0.39 is 5.97 Å². The van der Waals surface area contributed by atoms with E-state index in [2.05, 4.69) is 23.4 Å². The van der Waals surface area contributed by atoms with Gasteiger partial charge in [0.05, 0.1) is 11.1 Å². The standard InChI is InChI=1S/C15H20N2O3/c1-10(2)14-16-13-11(15(18)19)6-4-7-12(13)17(14)8-5-9-20-3/h4,6-7,10H,5,8-9H2,1-3H3,(H,18,19). The maximum absolute atomic E-state index is 11.3. The molecule has 20 heavy (non-hydrogen) atoms. The zero-order chi connectivity index (χ0) is 14.7. The van der Waals surface area contributed by atoms with Gasteiger partial charge in [0.15, 0.2) is 0 Å². The molecule has 2 aromatic rings. The van der Waals surface area contributed by atoms with Gasteiger partial charge in [0.25, 0.3) is 0 Å². The Morgan fingerprint density at radius 1 is 1.45 bits per heavy atom. The number of carboxylic acid groups (broad SMARTS) is 1. The molecule has 2 rings (SSSR count). The van der Waals surface area contributed by atoms with E-state index in [1.165, 1.54) is 0 Å². The second-order valence-electron chi connectivity index (χ2n) is 5.10. The van der Waals surface area contributed by atoms with Gasteiger partial charge in [-0.1, -0.05) is 19.9 Å². The Kier molecular flexibility index (Phi) is 4.39. The maximum Gasteiger partial charge on any atom is 0.337 e. The number of fused-ring (bicyclic) bond motifs is 1. The lowest BCUT2D eigenvalue weighted by Crippen LogP contribution is -2.07. The van der Waals surface area contributed by atoms with E-state index in [-0.39, 0.29) is 11.5 Å². The van der Waals surface area contributed by atoms with Crippen LogP contribution >= 0.6 is 0 Å². The van der Waals surface area contributed by atoms with E-state index in [0.717, 1.165) is 24.3 Å². The molecule has 0 saturated heterocycles. The Labute approximate surface area is 118 Å². The number of rotatable bonds is 6. The van der Waals surface area contributed by atoms with Crippen LogP contribution in [0.3, 0.4) is 0 Å². The first kappa shape index (κ1) is 14.5. The number of hydrogen-bond acceptors (Lipinski definition) is 3. The number of carboxylic acids is 1. The van der Waals surface area contributed by atoms with Crippen LogP contribution in [0, 0.1) is 0 Å². The summed E-state index contributed by atoms with van der Waals surface area (Å²) in [6, 6.07) is 5.29. The van der Waals surface area contributed by atoms with Gasteiger partial charge < -0.3 is 14.4 Å². The molecule has 0 bridgehead atoms. The number of hydrogen-bond donors (Lipinski definition) is 1. The van der Waals surface area contributed by atoms with Crippen LogP contribution in [0.4, 0.5) is 0 Å². The van der Waals surface area contributed by atoms with Crippen molar-refractivity contribution in [3.05, 3.63) is 29.6 Å². The Hall–Kier alpha value is -1.88. The topological polar surface area (TPSA) is 64.4 Å². The van der Waals surface area contributed by atoms with Crippen molar-refractivity contribution in [3.63, 3.8) is 0 Å². The number of methoxy groups -OCH3 is 1. The van der Waals surface area contributed by atoms with Crippen LogP contribution in [0.1, 0.15) is 42.4 Å². The minimum absolute atomic E-state index is 0.242. The number of nitrogens with zero attached hydrogens (tertiary/aromatic N) is 2. The van der Waals surface area contributed by atoms with Crippen LogP contribution in [-0.2, 0) is 11.3 Å². The first-order valence-corrected chi connectivity index (χ1v) is 6.77. The molecule has 0 aliphatic rings. The molecule has 0 unspecified atom stereocenters. The van der Waals surface area contributed by atoms with Gasteiger partial charge in [-0.05, 0) is 18.6 Å². The van der Waals surface area contributed by atoms with Crippen molar-refractivity contribution >= 4 is 17.0 Å². The summed E-state index contributed by atoms with van der Waals surface area (Å²) in [5.41, 5.74) is 1.71. The molecule has 1 aromatic heterocycles. The van der Waals surface area contributed by atoms with Gasteiger partial charge in [-0.3, -0.25) is 0 Å². The van der Waals surface area contributed by atoms with Crippen molar-refractivity contribution in [2.75, 3.05) is 13.7 Å². The van der Waals surface area contributed by atoms with Gasteiger partial charge in [-0.15, -0.1) is 0 Å². The number of aromatic carboxylic acids is 1. The van der Waals surface area contributed by atoms with Crippen LogP contribution in [0.25, 0.3) is 11.0 Å². The quantitative estimate of drug-likeness (QED) is 0.824. The molecule has 0 fully saturated rings. The summed E-state index contributed by atoms with van der Waals surface area (Å²) in [5.74, 6) is 0.226. The zero-order valence-corrected chi connectivity index (χ0v) is 12.1. The van der Waals surface area contributed by atoms with Crippen molar-refractivity contribution in [1.82, 2.24) is 9.55 Å². The highest BCUT2D eigenvalue weighted by Crippen LogP contribution is 2.25. The molecule has 5 heteroatoms. The number of para-hydroxylation sites is 1. The van der Waals surface area contributed by atoms with Gasteiger partial charge >= 0.3 is 5.97 Å². The van der Waals surface area contributed by atoms with Gasteiger partial charge in [-0.25, -0.2) is 9.78 Å². The largest absolute Gasteiger partial charge is 0.478 e. The predicted molar refractivity (Wildman–Crippen MR) is 77.3 cm³/mol. The van der Waals surface area contributed by atoms with Gasteiger partial charge in [0.1, 0.15) is 11.3 Å². The predicted octanol–water partition coefficient (Wildman–Crippen LogP) is 2.89. The molecule has 0 aliphatic heterocycles. The summed E-state index contributed by atoms with van der Waals surface area (Å²) in [6.07, 6.45) is 0.874. The van der Waals surface area contributed by atoms with Crippen molar-refractivity contribution in [2.45, 2.75) is 32.7 Å². The second-order valence-corrected chi connectivity index (χ2v) is 5.10. The van der Waals surface area contributed by atoms with Crippen LogP contribution in [0.2, 0.25) is 0 Å². The number of aryl methyl sites for hydroxylation is 1. The average molecular weight is 276 g/mol. The molecular formula is C15H20N2O3. The fourth-order valence-electron chi connectivity index (χ4n) is 2.38. The van der Waals surface area contributed by atoms with E-state index in [4.69, 9.17) is 4.74 Å². The van der Waals surface area contributed by atoms with Crippen LogP contribution in [-0.4, -0.2) is 34.3 Å². The third kappa shape index (κ3) is 2.67. The third-order valence-electron chi connectivity index (χ3n) is 3.29. The highest BCUT2D eigenvalue weighted by molar-refractivity contribution is 6.01. The summed E-state index contributed by atoms with van der Waals surface area (Å²) >= 11 is 0. The first-order chi connectivity index (χ1) is 9.56. The van der Waals surface area contributed by atoms with Gasteiger partial charge in [0, 0.05) is 26.2 Å². The Balaban J connectivity index is 2.55. The SMILES string of the molecule is COCCCn1c(C(C)C)nc2c(C(=O)O)cccc21. The average Bonchev–Trinajstić information content (AvgIpc) is 2.78. The monoisotopic (exact) mass is 276 g/mol. The number of carbonyl (C=O) groups is 1. The van der Waals surface area contributed by atoms with E-state index in [1.807, 2.05) is 6.07 Å². The zero-order valence-electron chi connectivity index (χ0n) is 12.1.